The molecule has 112 valence electrons. The van der Waals surface area contributed by atoms with Gasteiger partial charge in [0, 0.05) is 19.2 Å². The Bertz CT molecular complexity index is 453. The Labute approximate surface area is 128 Å². The van der Waals surface area contributed by atoms with Crippen LogP contribution in [0.2, 0.25) is 0 Å². The average molecular weight is 344 g/mol. The lowest BCUT2D eigenvalue weighted by Crippen LogP contribution is -2.37. The molecule has 2 rings (SSSR count). The molecule has 0 aliphatic carbocycles. The van der Waals surface area contributed by atoms with Gasteiger partial charge in [0.15, 0.2) is 11.5 Å². The molecule has 0 bridgehead atoms. The molecule has 0 radical (unpaired) electrons. The van der Waals surface area contributed by atoms with E-state index < -0.39 is 0 Å². The van der Waals surface area contributed by atoms with Crippen molar-refractivity contribution in [3.8, 4) is 11.5 Å². The summed E-state index contributed by atoms with van der Waals surface area (Å²) in [6.07, 6.45) is 2.48. The van der Waals surface area contributed by atoms with Gasteiger partial charge in [-0.2, -0.15) is 0 Å². The number of rotatable bonds is 5. The second kappa shape index (κ2) is 7.29. The smallest absolute Gasteiger partial charge is 0.174 e. The summed E-state index contributed by atoms with van der Waals surface area (Å²) in [6.45, 7) is 3.78. The molecule has 1 saturated heterocycles. The van der Waals surface area contributed by atoms with Gasteiger partial charge in [-0.3, -0.25) is 0 Å². The van der Waals surface area contributed by atoms with Crippen molar-refractivity contribution < 1.29 is 14.2 Å². The van der Waals surface area contributed by atoms with Crippen LogP contribution >= 0.6 is 15.9 Å². The van der Waals surface area contributed by atoms with Crippen LogP contribution in [0.1, 0.15) is 25.3 Å². The quantitative estimate of drug-likeness (QED) is 0.891. The van der Waals surface area contributed by atoms with E-state index in [1.54, 1.807) is 14.2 Å². The summed E-state index contributed by atoms with van der Waals surface area (Å²) in [5.41, 5.74) is 1.17. The maximum Gasteiger partial charge on any atom is 0.174 e. The van der Waals surface area contributed by atoms with Crippen molar-refractivity contribution in [1.82, 2.24) is 5.32 Å². The van der Waals surface area contributed by atoms with Crippen LogP contribution in [0, 0.1) is 0 Å². The van der Waals surface area contributed by atoms with Crippen LogP contribution in [-0.2, 0) is 11.3 Å². The van der Waals surface area contributed by atoms with Gasteiger partial charge < -0.3 is 19.5 Å². The molecule has 20 heavy (non-hydrogen) atoms. The average Bonchev–Trinajstić information content (AvgIpc) is 2.44. The van der Waals surface area contributed by atoms with E-state index in [1.165, 1.54) is 5.56 Å². The van der Waals surface area contributed by atoms with Crippen LogP contribution in [-0.4, -0.2) is 33.0 Å². The minimum Gasteiger partial charge on any atom is -0.493 e. The van der Waals surface area contributed by atoms with Crippen molar-refractivity contribution in [3.05, 3.63) is 22.2 Å². The fourth-order valence-corrected chi connectivity index (χ4v) is 3.17. The van der Waals surface area contributed by atoms with Crippen molar-refractivity contribution in [2.75, 3.05) is 20.8 Å². The number of halogens is 1. The molecule has 2 unspecified atom stereocenters. The lowest BCUT2D eigenvalue weighted by atomic mass is 10.0. The highest BCUT2D eigenvalue weighted by Gasteiger charge is 2.19. The van der Waals surface area contributed by atoms with E-state index in [4.69, 9.17) is 14.2 Å². The minimum atomic E-state index is 0.346. The molecule has 0 aromatic heterocycles. The highest BCUT2D eigenvalue weighted by atomic mass is 79.9. The first-order chi connectivity index (χ1) is 9.63. The van der Waals surface area contributed by atoms with Crippen molar-refractivity contribution >= 4 is 15.9 Å². The molecule has 1 heterocycles. The largest absolute Gasteiger partial charge is 0.493 e. The zero-order valence-corrected chi connectivity index (χ0v) is 13.8. The summed E-state index contributed by atoms with van der Waals surface area (Å²) in [4.78, 5) is 0. The van der Waals surface area contributed by atoms with Crippen molar-refractivity contribution in [2.45, 2.75) is 38.5 Å². The molecule has 1 aromatic carbocycles. The Morgan fingerprint density at radius 1 is 1.35 bits per heavy atom. The predicted octanol–water partition coefficient (Wildman–Crippen LogP) is 3.12. The van der Waals surface area contributed by atoms with Gasteiger partial charge in [0.1, 0.15) is 0 Å². The highest BCUT2D eigenvalue weighted by Crippen LogP contribution is 2.36. The Balaban J connectivity index is 2.00. The van der Waals surface area contributed by atoms with E-state index in [2.05, 4.69) is 34.2 Å². The van der Waals surface area contributed by atoms with Gasteiger partial charge in [-0.15, -0.1) is 0 Å². The van der Waals surface area contributed by atoms with Gasteiger partial charge in [0.05, 0.1) is 24.8 Å². The Morgan fingerprint density at radius 3 is 2.80 bits per heavy atom. The molecule has 0 spiro atoms. The number of hydrogen-bond donors (Lipinski definition) is 1. The van der Waals surface area contributed by atoms with Crippen LogP contribution in [0.4, 0.5) is 0 Å². The van der Waals surface area contributed by atoms with Crippen molar-refractivity contribution in [3.63, 3.8) is 0 Å². The SMILES string of the molecule is COc1cc(CNC2CCOC(C)C2)cc(Br)c1OC. The Kier molecular flexibility index (Phi) is 5.69. The molecular formula is C15H22BrNO3. The topological polar surface area (TPSA) is 39.7 Å². The standard InChI is InChI=1S/C15H22BrNO3/c1-10-6-12(4-5-20-10)17-9-11-7-13(16)15(19-3)14(8-11)18-2/h7-8,10,12,17H,4-6,9H2,1-3H3. The van der Waals surface area contributed by atoms with Crippen molar-refractivity contribution in [1.29, 1.82) is 0 Å². The van der Waals surface area contributed by atoms with Crippen molar-refractivity contribution in [2.24, 2.45) is 0 Å². The molecule has 0 saturated carbocycles. The number of ether oxygens (including phenoxy) is 3. The van der Waals surface area contributed by atoms with Gasteiger partial charge in [-0.25, -0.2) is 0 Å². The van der Waals surface area contributed by atoms with Crippen LogP contribution in [0.25, 0.3) is 0 Å². The molecule has 1 aromatic rings. The maximum atomic E-state index is 5.56. The van der Waals surface area contributed by atoms with E-state index in [0.717, 1.165) is 42.0 Å². The zero-order valence-electron chi connectivity index (χ0n) is 12.2. The Hall–Kier alpha value is -0.780. The first-order valence-electron chi connectivity index (χ1n) is 6.89. The lowest BCUT2D eigenvalue weighted by molar-refractivity contribution is 0.0130. The summed E-state index contributed by atoms with van der Waals surface area (Å²) in [5, 5.41) is 3.59. The molecule has 1 fully saturated rings. The third kappa shape index (κ3) is 3.87. The maximum absolute atomic E-state index is 5.56. The van der Waals surface area contributed by atoms with Crippen LogP contribution in [0.5, 0.6) is 11.5 Å². The number of methoxy groups -OCH3 is 2. The molecule has 5 heteroatoms. The van der Waals surface area contributed by atoms with Gasteiger partial charge in [0.2, 0.25) is 0 Å². The van der Waals surface area contributed by atoms with E-state index in [-0.39, 0.29) is 0 Å². The third-order valence-corrected chi connectivity index (χ3v) is 4.16. The van der Waals surface area contributed by atoms with Gasteiger partial charge in [0.25, 0.3) is 0 Å². The number of hydrogen-bond acceptors (Lipinski definition) is 4. The fourth-order valence-electron chi connectivity index (χ4n) is 2.52. The van der Waals surface area contributed by atoms with Crippen LogP contribution in [0.3, 0.4) is 0 Å². The normalized spacial score (nSPS) is 22.6. The molecule has 4 nitrogen and oxygen atoms in total. The number of benzene rings is 1. The Morgan fingerprint density at radius 2 is 2.15 bits per heavy atom. The zero-order chi connectivity index (χ0) is 14.5. The van der Waals surface area contributed by atoms with E-state index >= 15 is 0 Å². The second-order valence-electron chi connectivity index (χ2n) is 5.10. The van der Waals surface area contributed by atoms with E-state index in [9.17, 15) is 0 Å². The fraction of sp³-hybridized carbons (Fsp3) is 0.600. The van der Waals surface area contributed by atoms with E-state index in [0.29, 0.717) is 12.1 Å². The van der Waals surface area contributed by atoms with Crippen LogP contribution in [0.15, 0.2) is 16.6 Å². The van der Waals surface area contributed by atoms with Gasteiger partial charge in [-0.05, 0) is 53.4 Å². The first-order valence-corrected chi connectivity index (χ1v) is 7.68. The number of nitrogens with one attached hydrogen (secondary N) is 1. The molecular weight excluding hydrogens is 322 g/mol. The van der Waals surface area contributed by atoms with Crippen LogP contribution < -0.4 is 14.8 Å². The predicted molar refractivity (Wildman–Crippen MR) is 82.5 cm³/mol. The molecule has 1 N–H and O–H groups in total. The molecule has 2 atom stereocenters. The lowest BCUT2D eigenvalue weighted by Gasteiger charge is -2.28. The highest BCUT2D eigenvalue weighted by molar-refractivity contribution is 9.10. The summed E-state index contributed by atoms with van der Waals surface area (Å²) in [5.74, 6) is 1.48. The summed E-state index contributed by atoms with van der Waals surface area (Å²) < 4.78 is 17.2. The summed E-state index contributed by atoms with van der Waals surface area (Å²) >= 11 is 3.52. The summed E-state index contributed by atoms with van der Waals surface area (Å²) in [7, 11) is 3.30. The summed E-state index contributed by atoms with van der Waals surface area (Å²) in [6, 6.07) is 4.60. The monoisotopic (exact) mass is 343 g/mol. The minimum absolute atomic E-state index is 0.346. The first kappa shape index (κ1) is 15.6. The molecule has 0 amide bonds. The van der Waals surface area contributed by atoms with Gasteiger partial charge in [-0.1, -0.05) is 0 Å². The molecule has 1 aliphatic heterocycles. The van der Waals surface area contributed by atoms with Gasteiger partial charge >= 0.3 is 0 Å². The molecule has 1 aliphatic rings. The third-order valence-electron chi connectivity index (χ3n) is 3.57. The second-order valence-corrected chi connectivity index (χ2v) is 5.95. The van der Waals surface area contributed by atoms with E-state index in [1.807, 2.05) is 6.07 Å².